The smallest absolute Gasteiger partial charge is 0.254 e. The number of hydrogen-bond acceptors (Lipinski definition) is 3. The van der Waals surface area contributed by atoms with Crippen molar-refractivity contribution in [3.63, 3.8) is 0 Å². The van der Waals surface area contributed by atoms with Gasteiger partial charge in [0.2, 0.25) is 0 Å². The highest BCUT2D eigenvalue weighted by Crippen LogP contribution is 2.20. The molecule has 120 valence electrons. The first-order valence-electron chi connectivity index (χ1n) is 7.53. The highest BCUT2D eigenvalue weighted by Gasteiger charge is 2.23. The molecule has 6 heteroatoms. The second-order valence-corrected chi connectivity index (χ2v) is 5.39. The van der Waals surface area contributed by atoms with E-state index in [0.29, 0.717) is 18.7 Å². The van der Waals surface area contributed by atoms with E-state index in [4.69, 9.17) is 4.74 Å². The number of benzene rings is 1. The predicted octanol–water partition coefficient (Wildman–Crippen LogP) is 1.61. The summed E-state index contributed by atoms with van der Waals surface area (Å²) in [6.07, 6.45) is 3.76. The lowest BCUT2D eigenvalue weighted by molar-refractivity contribution is -0.377. The summed E-state index contributed by atoms with van der Waals surface area (Å²) in [5, 5.41) is 0. The Morgan fingerprint density at radius 2 is 1.83 bits per heavy atom. The predicted molar refractivity (Wildman–Crippen MR) is 84.1 cm³/mol. The van der Waals surface area contributed by atoms with Gasteiger partial charge in [0.1, 0.15) is 0 Å². The SMILES string of the molecule is COc1ccc(C(=O)N2CCN(c3cc[nH+]cc3)CC2)cc1F. The Morgan fingerprint density at radius 1 is 1.13 bits per heavy atom. The molecule has 1 N–H and O–H groups in total. The van der Waals surface area contributed by atoms with Crippen LogP contribution in [-0.2, 0) is 0 Å². The molecule has 0 saturated carbocycles. The van der Waals surface area contributed by atoms with Crippen LogP contribution in [0.2, 0.25) is 0 Å². The van der Waals surface area contributed by atoms with E-state index in [1.165, 1.54) is 19.2 Å². The number of carbonyl (C=O) groups excluding carboxylic acids is 1. The zero-order valence-electron chi connectivity index (χ0n) is 13.0. The highest BCUT2D eigenvalue weighted by molar-refractivity contribution is 5.94. The van der Waals surface area contributed by atoms with Crippen LogP contribution < -0.4 is 14.6 Å². The number of aromatic amines is 1. The van der Waals surface area contributed by atoms with Crippen LogP contribution >= 0.6 is 0 Å². The minimum Gasteiger partial charge on any atom is -0.494 e. The topological polar surface area (TPSA) is 46.9 Å². The lowest BCUT2D eigenvalue weighted by Crippen LogP contribution is -2.48. The van der Waals surface area contributed by atoms with Gasteiger partial charge < -0.3 is 14.5 Å². The third-order valence-electron chi connectivity index (χ3n) is 4.03. The van der Waals surface area contributed by atoms with Gasteiger partial charge in [0.05, 0.1) is 7.11 Å². The first-order chi connectivity index (χ1) is 11.2. The van der Waals surface area contributed by atoms with Crippen molar-refractivity contribution in [3.05, 3.63) is 54.1 Å². The average molecular weight is 316 g/mol. The molecule has 0 bridgehead atoms. The number of hydrogen-bond donors (Lipinski definition) is 0. The van der Waals surface area contributed by atoms with Gasteiger partial charge >= 0.3 is 0 Å². The Labute approximate surface area is 134 Å². The van der Waals surface area contributed by atoms with E-state index in [-0.39, 0.29) is 11.7 Å². The zero-order chi connectivity index (χ0) is 16.2. The normalized spacial score (nSPS) is 14.7. The van der Waals surface area contributed by atoms with Crippen molar-refractivity contribution in [2.75, 3.05) is 38.2 Å². The fourth-order valence-electron chi connectivity index (χ4n) is 2.74. The van der Waals surface area contributed by atoms with E-state index in [0.717, 1.165) is 18.8 Å². The van der Waals surface area contributed by atoms with Gasteiger partial charge in [-0.05, 0) is 18.2 Å². The van der Waals surface area contributed by atoms with Crippen molar-refractivity contribution in [2.45, 2.75) is 0 Å². The van der Waals surface area contributed by atoms with E-state index in [1.54, 1.807) is 11.0 Å². The number of aromatic nitrogens is 1. The standard InChI is InChI=1S/C17H18FN3O2/c1-23-16-3-2-13(12-15(16)18)17(22)21-10-8-20(9-11-21)14-4-6-19-7-5-14/h2-7,12H,8-11H2,1H3/p+1. The summed E-state index contributed by atoms with van der Waals surface area (Å²) in [6.45, 7) is 2.75. The van der Waals surface area contributed by atoms with E-state index in [1.807, 2.05) is 24.5 Å². The Bertz CT molecular complexity index is 685. The molecule has 1 aliphatic rings. The van der Waals surface area contributed by atoms with Crippen LogP contribution in [0.1, 0.15) is 10.4 Å². The first kappa shape index (κ1) is 15.3. The number of anilines is 1. The number of rotatable bonds is 3. The summed E-state index contributed by atoms with van der Waals surface area (Å²) in [6, 6.07) is 8.34. The fourth-order valence-corrected chi connectivity index (χ4v) is 2.74. The van der Waals surface area contributed by atoms with E-state index in [2.05, 4.69) is 9.88 Å². The van der Waals surface area contributed by atoms with Gasteiger partial charge in [-0.15, -0.1) is 0 Å². The number of H-pyrrole nitrogens is 1. The van der Waals surface area contributed by atoms with E-state index in [9.17, 15) is 9.18 Å². The van der Waals surface area contributed by atoms with Gasteiger partial charge in [0.15, 0.2) is 24.0 Å². The van der Waals surface area contributed by atoms with E-state index >= 15 is 0 Å². The molecular weight excluding hydrogens is 297 g/mol. The van der Waals surface area contributed by atoms with Crippen molar-refractivity contribution in [3.8, 4) is 5.75 Å². The minimum absolute atomic E-state index is 0.146. The van der Waals surface area contributed by atoms with Crippen molar-refractivity contribution in [1.29, 1.82) is 0 Å². The molecule has 1 aliphatic heterocycles. The first-order valence-corrected chi connectivity index (χ1v) is 7.53. The number of ether oxygens (including phenoxy) is 1. The number of nitrogens with zero attached hydrogens (tertiary/aromatic N) is 2. The summed E-state index contributed by atoms with van der Waals surface area (Å²) in [7, 11) is 1.40. The number of carbonyl (C=O) groups is 1. The summed E-state index contributed by atoms with van der Waals surface area (Å²) in [4.78, 5) is 19.5. The van der Waals surface area contributed by atoms with Crippen molar-refractivity contribution < 1.29 is 18.9 Å². The molecule has 3 rings (SSSR count). The van der Waals surface area contributed by atoms with Crippen LogP contribution in [0.15, 0.2) is 42.7 Å². The van der Waals surface area contributed by atoms with Crippen molar-refractivity contribution in [2.24, 2.45) is 0 Å². The maximum atomic E-state index is 13.8. The van der Waals surface area contributed by atoms with E-state index < -0.39 is 5.82 Å². The highest BCUT2D eigenvalue weighted by atomic mass is 19.1. The van der Waals surface area contributed by atoms with Crippen molar-refractivity contribution >= 4 is 11.6 Å². The second-order valence-electron chi connectivity index (χ2n) is 5.39. The lowest BCUT2D eigenvalue weighted by Gasteiger charge is -2.35. The molecule has 0 aliphatic carbocycles. The molecule has 23 heavy (non-hydrogen) atoms. The van der Waals surface area contributed by atoms with Crippen LogP contribution in [0, 0.1) is 5.82 Å². The largest absolute Gasteiger partial charge is 0.494 e. The summed E-state index contributed by atoms with van der Waals surface area (Å²) in [5.41, 5.74) is 1.48. The fraction of sp³-hybridized carbons (Fsp3) is 0.294. The molecule has 0 radical (unpaired) electrons. The van der Waals surface area contributed by atoms with Crippen LogP contribution in [0.25, 0.3) is 0 Å². The number of pyridine rings is 1. The average Bonchev–Trinajstić information content (AvgIpc) is 2.62. The quantitative estimate of drug-likeness (QED) is 0.864. The molecule has 1 fully saturated rings. The Hall–Kier alpha value is -2.63. The molecule has 1 saturated heterocycles. The summed E-state index contributed by atoms with van der Waals surface area (Å²) in [5.74, 6) is -0.516. The van der Waals surface area contributed by atoms with Crippen LogP contribution in [-0.4, -0.2) is 44.1 Å². The number of halogens is 1. The Balaban J connectivity index is 1.65. The number of piperazine rings is 1. The van der Waals surface area contributed by atoms with Gasteiger partial charge in [-0.25, -0.2) is 9.37 Å². The molecule has 5 nitrogen and oxygen atoms in total. The second kappa shape index (κ2) is 6.64. The lowest BCUT2D eigenvalue weighted by atomic mass is 10.1. The molecular formula is C17H19FN3O2+. The molecule has 0 spiro atoms. The third-order valence-corrected chi connectivity index (χ3v) is 4.03. The molecule has 1 amide bonds. The monoisotopic (exact) mass is 316 g/mol. The van der Waals surface area contributed by atoms with Gasteiger partial charge in [-0.2, -0.15) is 0 Å². The summed E-state index contributed by atoms with van der Waals surface area (Å²) < 4.78 is 18.6. The maximum Gasteiger partial charge on any atom is 0.254 e. The maximum absolute atomic E-state index is 13.8. The number of nitrogens with one attached hydrogen (secondary N) is 1. The van der Waals surface area contributed by atoms with Crippen LogP contribution in [0.5, 0.6) is 5.75 Å². The van der Waals surface area contributed by atoms with Crippen LogP contribution in [0.3, 0.4) is 0 Å². The molecule has 0 unspecified atom stereocenters. The van der Waals surface area contributed by atoms with Gasteiger partial charge in [-0.1, -0.05) is 0 Å². The van der Waals surface area contributed by atoms with Crippen LogP contribution in [0.4, 0.5) is 10.1 Å². The number of methoxy groups -OCH3 is 1. The molecule has 0 atom stereocenters. The summed E-state index contributed by atoms with van der Waals surface area (Å²) >= 11 is 0. The Kier molecular flexibility index (Phi) is 4.41. The third kappa shape index (κ3) is 3.26. The van der Waals surface area contributed by atoms with Crippen molar-refractivity contribution in [1.82, 2.24) is 4.90 Å². The molecule has 1 aromatic carbocycles. The molecule has 1 aromatic heterocycles. The van der Waals surface area contributed by atoms with Gasteiger partial charge in [0, 0.05) is 49.6 Å². The zero-order valence-corrected chi connectivity index (χ0v) is 13.0. The number of amides is 1. The Morgan fingerprint density at radius 3 is 2.43 bits per heavy atom. The molecule has 2 heterocycles. The minimum atomic E-state index is -0.516. The van der Waals surface area contributed by atoms with Gasteiger partial charge in [0.25, 0.3) is 5.91 Å². The van der Waals surface area contributed by atoms with Gasteiger partial charge in [-0.3, -0.25) is 4.79 Å². The molecule has 2 aromatic rings.